The van der Waals surface area contributed by atoms with E-state index in [4.69, 9.17) is 0 Å². The van der Waals surface area contributed by atoms with Gasteiger partial charge in [-0.15, -0.1) is 0 Å². The van der Waals surface area contributed by atoms with Crippen LogP contribution in [0.5, 0.6) is 0 Å². The summed E-state index contributed by atoms with van der Waals surface area (Å²) in [6.45, 7) is 6.18. The van der Waals surface area contributed by atoms with E-state index >= 15 is 0 Å². The normalized spacial score (nSPS) is 26.4. The van der Waals surface area contributed by atoms with Crippen LogP contribution in [0.25, 0.3) is 0 Å². The van der Waals surface area contributed by atoms with E-state index < -0.39 is 9.84 Å². The fourth-order valence-electron chi connectivity index (χ4n) is 3.42. The second-order valence-corrected chi connectivity index (χ2v) is 10.3. The minimum atomic E-state index is -3.04. The summed E-state index contributed by atoms with van der Waals surface area (Å²) in [5.74, 6) is 0.438. The standard InChI is InChI=1S/C18H24N2O3S2/c1-4-7-17(21)19-18-20(14-9-6-5-8-13(14)12(2)3)15-10-25(22,23)11-16(15)24-18/h5-6,8-9,12,15-16H,4,7,10-11H2,1-3H3/t15-,16+/m0/s1. The molecule has 0 spiro atoms. The molecule has 5 nitrogen and oxygen atoms in total. The molecule has 2 fully saturated rings. The first-order valence-electron chi connectivity index (χ1n) is 8.69. The molecule has 0 N–H and O–H groups in total. The van der Waals surface area contributed by atoms with Gasteiger partial charge in [0.2, 0.25) is 5.91 Å². The van der Waals surface area contributed by atoms with Crippen molar-refractivity contribution >= 4 is 38.4 Å². The van der Waals surface area contributed by atoms with Gasteiger partial charge < -0.3 is 4.90 Å². The number of hydrogen-bond acceptors (Lipinski definition) is 4. The number of aliphatic imine (C=N–C) groups is 1. The zero-order chi connectivity index (χ0) is 18.2. The molecule has 25 heavy (non-hydrogen) atoms. The van der Waals surface area contributed by atoms with Crippen LogP contribution >= 0.6 is 11.8 Å². The van der Waals surface area contributed by atoms with E-state index in [1.807, 2.05) is 30.0 Å². The quantitative estimate of drug-likeness (QED) is 0.802. The Kier molecular flexibility index (Phi) is 5.25. The number of thioether (sulfide) groups is 1. The van der Waals surface area contributed by atoms with Crippen molar-refractivity contribution in [2.45, 2.75) is 50.8 Å². The number of para-hydroxylation sites is 1. The van der Waals surface area contributed by atoms with E-state index in [0.29, 0.717) is 17.5 Å². The van der Waals surface area contributed by atoms with Gasteiger partial charge in [-0.1, -0.05) is 50.7 Å². The summed E-state index contributed by atoms with van der Waals surface area (Å²) in [5, 5.41) is 0.592. The highest BCUT2D eigenvalue weighted by Crippen LogP contribution is 2.43. The molecule has 1 aromatic carbocycles. The molecule has 2 saturated heterocycles. The smallest absolute Gasteiger partial charge is 0.248 e. The van der Waals surface area contributed by atoms with E-state index in [9.17, 15) is 13.2 Å². The van der Waals surface area contributed by atoms with Gasteiger partial charge in [0.15, 0.2) is 15.0 Å². The van der Waals surface area contributed by atoms with Gasteiger partial charge in [-0.3, -0.25) is 4.79 Å². The molecule has 0 aromatic heterocycles. The number of anilines is 1. The van der Waals surface area contributed by atoms with Crippen LogP contribution in [-0.4, -0.2) is 42.3 Å². The summed E-state index contributed by atoms with van der Waals surface area (Å²) in [6, 6.07) is 7.86. The van der Waals surface area contributed by atoms with Crippen LogP contribution in [0.2, 0.25) is 0 Å². The number of amidine groups is 1. The van der Waals surface area contributed by atoms with E-state index in [2.05, 4.69) is 24.9 Å². The number of hydrogen-bond donors (Lipinski definition) is 0. The van der Waals surface area contributed by atoms with Crippen molar-refractivity contribution in [2.75, 3.05) is 16.4 Å². The Morgan fingerprint density at radius 1 is 1.32 bits per heavy atom. The molecule has 7 heteroatoms. The van der Waals surface area contributed by atoms with Crippen molar-refractivity contribution < 1.29 is 13.2 Å². The average Bonchev–Trinajstić information content (AvgIpc) is 2.98. The molecule has 2 heterocycles. The van der Waals surface area contributed by atoms with Gasteiger partial charge in [0.1, 0.15) is 0 Å². The maximum absolute atomic E-state index is 12.1. The molecule has 0 saturated carbocycles. The zero-order valence-electron chi connectivity index (χ0n) is 14.8. The lowest BCUT2D eigenvalue weighted by atomic mass is 9.99. The number of carbonyl (C=O) groups excluding carboxylic acids is 1. The molecule has 0 aliphatic carbocycles. The highest BCUT2D eigenvalue weighted by molar-refractivity contribution is 8.16. The van der Waals surface area contributed by atoms with Gasteiger partial charge in [0.25, 0.3) is 0 Å². The minimum Gasteiger partial charge on any atom is -0.315 e. The molecule has 0 bridgehead atoms. The molecular formula is C18H24N2O3S2. The lowest BCUT2D eigenvalue weighted by Gasteiger charge is -2.28. The van der Waals surface area contributed by atoms with Crippen molar-refractivity contribution in [1.82, 2.24) is 0 Å². The maximum Gasteiger partial charge on any atom is 0.248 e. The van der Waals surface area contributed by atoms with Gasteiger partial charge in [0, 0.05) is 17.4 Å². The zero-order valence-corrected chi connectivity index (χ0v) is 16.4. The maximum atomic E-state index is 12.1. The average molecular weight is 381 g/mol. The van der Waals surface area contributed by atoms with Crippen molar-refractivity contribution in [1.29, 1.82) is 0 Å². The predicted molar refractivity (Wildman–Crippen MR) is 104 cm³/mol. The van der Waals surface area contributed by atoms with E-state index in [1.165, 1.54) is 11.8 Å². The van der Waals surface area contributed by atoms with Crippen molar-refractivity contribution in [3.8, 4) is 0 Å². The lowest BCUT2D eigenvalue weighted by molar-refractivity contribution is -0.117. The molecule has 2 aliphatic rings. The molecule has 3 rings (SSSR count). The topological polar surface area (TPSA) is 66.8 Å². The Morgan fingerprint density at radius 2 is 2.04 bits per heavy atom. The van der Waals surface area contributed by atoms with Crippen molar-refractivity contribution in [3.05, 3.63) is 29.8 Å². The molecular weight excluding hydrogens is 356 g/mol. The highest BCUT2D eigenvalue weighted by atomic mass is 32.2. The summed E-state index contributed by atoms with van der Waals surface area (Å²) in [4.78, 5) is 18.4. The van der Waals surface area contributed by atoms with Crippen LogP contribution in [-0.2, 0) is 14.6 Å². The monoisotopic (exact) mass is 380 g/mol. The van der Waals surface area contributed by atoms with Crippen molar-refractivity contribution in [2.24, 2.45) is 4.99 Å². The second-order valence-electron chi connectivity index (χ2n) is 6.92. The molecule has 2 atom stereocenters. The number of nitrogens with zero attached hydrogens (tertiary/aromatic N) is 2. The Morgan fingerprint density at radius 3 is 2.72 bits per heavy atom. The molecule has 2 aliphatic heterocycles. The van der Waals surface area contributed by atoms with Gasteiger partial charge in [0.05, 0.1) is 17.5 Å². The van der Waals surface area contributed by atoms with Gasteiger partial charge in [-0.2, -0.15) is 4.99 Å². The number of rotatable bonds is 4. The predicted octanol–water partition coefficient (Wildman–Crippen LogP) is 3.21. The third-order valence-electron chi connectivity index (χ3n) is 4.57. The fraction of sp³-hybridized carbons (Fsp3) is 0.556. The third kappa shape index (κ3) is 3.77. The Labute approximate surface area is 153 Å². The van der Waals surface area contributed by atoms with Gasteiger partial charge >= 0.3 is 0 Å². The van der Waals surface area contributed by atoms with Crippen LogP contribution in [0.3, 0.4) is 0 Å². The Hall–Kier alpha value is -1.34. The first-order valence-corrected chi connectivity index (χ1v) is 11.4. The van der Waals surface area contributed by atoms with Crippen LogP contribution in [0.4, 0.5) is 5.69 Å². The molecule has 1 amide bonds. The van der Waals surface area contributed by atoms with Gasteiger partial charge in [-0.25, -0.2) is 8.42 Å². The van der Waals surface area contributed by atoms with Gasteiger partial charge in [-0.05, 0) is 24.0 Å². The SMILES string of the molecule is CCCC(=O)N=C1S[C@@H]2CS(=O)(=O)C[C@@H]2N1c1ccccc1C(C)C. The fourth-order valence-corrected chi connectivity index (χ4v) is 7.34. The molecule has 1 aromatic rings. The van der Waals surface area contributed by atoms with E-state index in [1.54, 1.807) is 0 Å². The number of benzene rings is 1. The minimum absolute atomic E-state index is 0.0570. The summed E-state index contributed by atoms with van der Waals surface area (Å²) < 4.78 is 24.2. The summed E-state index contributed by atoms with van der Waals surface area (Å²) in [7, 11) is -3.04. The summed E-state index contributed by atoms with van der Waals surface area (Å²) in [5.41, 5.74) is 2.11. The van der Waals surface area contributed by atoms with Crippen LogP contribution in [0.15, 0.2) is 29.3 Å². The van der Waals surface area contributed by atoms with Crippen LogP contribution < -0.4 is 4.90 Å². The number of fused-ring (bicyclic) bond motifs is 1. The third-order valence-corrected chi connectivity index (χ3v) is 7.78. The lowest BCUT2D eigenvalue weighted by Crippen LogP contribution is -2.38. The Bertz CT molecular complexity index is 802. The number of carbonyl (C=O) groups is 1. The van der Waals surface area contributed by atoms with Crippen LogP contribution in [0.1, 0.15) is 45.1 Å². The summed E-state index contributed by atoms with van der Waals surface area (Å²) >= 11 is 1.44. The second kappa shape index (κ2) is 7.11. The first-order chi connectivity index (χ1) is 11.8. The highest BCUT2D eigenvalue weighted by Gasteiger charge is 2.49. The van der Waals surface area contributed by atoms with Crippen molar-refractivity contribution in [3.63, 3.8) is 0 Å². The number of sulfone groups is 1. The number of amides is 1. The van der Waals surface area contributed by atoms with E-state index in [-0.39, 0.29) is 28.7 Å². The molecule has 0 radical (unpaired) electrons. The molecule has 136 valence electrons. The van der Waals surface area contributed by atoms with E-state index in [0.717, 1.165) is 17.7 Å². The first kappa shape index (κ1) is 18.5. The largest absolute Gasteiger partial charge is 0.315 e. The summed E-state index contributed by atoms with van der Waals surface area (Å²) in [6.07, 6.45) is 1.17. The Balaban J connectivity index is 2.06. The van der Waals surface area contributed by atoms with Crippen LogP contribution in [0, 0.1) is 0 Å². The molecule has 0 unspecified atom stereocenters.